The lowest BCUT2D eigenvalue weighted by Gasteiger charge is -2.29. The van der Waals surface area contributed by atoms with Crippen molar-refractivity contribution in [1.29, 1.82) is 0 Å². The third-order valence-electron chi connectivity index (χ3n) is 3.08. The quantitative estimate of drug-likeness (QED) is 0.900. The maximum absolute atomic E-state index is 12.0. The Morgan fingerprint density at radius 2 is 2.05 bits per heavy atom. The van der Waals surface area contributed by atoms with Crippen LogP contribution in [-0.4, -0.2) is 50.7 Å². The highest BCUT2D eigenvalue weighted by Crippen LogP contribution is 2.22. The topological polar surface area (TPSA) is 92.6 Å². The summed E-state index contributed by atoms with van der Waals surface area (Å²) in [4.78, 5) is 32.3. The van der Waals surface area contributed by atoms with Crippen molar-refractivity contribution in [3.63, 3.8) is 0 Å². The van der Waals surface area contributed by atoms with Crippen LogP contribution in [0.3, 0.4) is 0 Å². The number of rotatable bonds is 2. The van der Waals surface area contributed by atoms with E-state index in [4.69, 9.17) is 9.84 Å². The first-order chi connectivity index (χ1) is 10.3. The van der Waals surface area contributed by atoms with Gasteiger partial charge in [0.1, 0.15) is 11.9 Å². The molecule has 0 aliphatic carbocycles. The molecule has 0 unspecified atom stereocenters. The van der Waals surface area contributed by atoms with Gasteiger partial charge in [-0.2, -0.15) is 0 Å². The van der Waals surface area contributed by atoms with Crippen molar-refractivity contribution >= 4 is 17.6 Å². The second kappa shape index (κ2) is 6.13. The van der Waals surface area contributed by atoms with Crippen LogP contribution in [0.15, 0.2) is 18.5 Å². The van der Waals surface area contributed by atoms with Gasteiger partial charge in [-0.05, 0) is 38.8 Å². The van der Waals surface area contributed by atoms with Crippen LogP contribution in [0.2, 0.25) is 0 Å². The molecule has 0 saturated heterocycles. The number of ether oxygens (including phenoxy) is 1. The summed E-state index contributed by atoms with van der Waals surface area (Å²) in [6, 6.07) is 1.44. The van der Waals surface area contributed by atoms with Gasteiger partial charge in [-0.25, -0.2) is 19.6 Å². The molecule has 118 valence electrons. The molecule has 2 heterocycles. The number of hydrogen-bond acceptors (Lipinski definition) is 5. The van der Waals surface area contributed by atoms with Crippen LogP contribution >= 0.6 is 0 Å². The zero-order chi connectivity index (χ0) is 16.3. The fourth-order valence-electron chi connectivity index (χ4n) is 2.04. The monoisotopic (exact) mass is 305 g/mol. The normalized spacial score (nSPS) is 15.2. The molecule has 1 aliphatic heterocycles. The summed E-state index contributed by atoms with van der Waals surface area (Å²) in [5, 5.41) is 8.95. The summed E-state index contributed by atoms with van der Waals surface area (Å²) in [6.07, 6.45) is 3.34. The zero-order valence-electron chi connectivity index (χ0n) is 12.9. The van der Waals surface area contributed by atoms with Crippen molar-refractivity contribution in [3.05, 3.63) is 29.9 Å². The maximum atomic E-state index is 12.0. The smallest absolute Gasteiger partial charge is 0.410 e. The molecule has 0 radical (unpaired) electrons. The van der Waals surface area contributed by atoms with E-state index in [1.54, 1.807) is 4.90 Å². The minimum absolute atomic E-state index is 0.0412. The van der Waals surface area contributed by atoms with Crippen LogP contribution in [-0.2, 0) is 4.74 Å². The Bertz CT molecular complexity index is 619. The number of carbonyl (C=O) groups is 2. The molecule has 0 aromatic carbocycles. The van der Waals surface area contributed by atoms with Gasteiger partial charge >= 0.3 is 12.1 Å². The highest BCUT2D eigenvalue weighted by atomic mass is 16.6. The van der Waals surface area contributed by atoms with Crippen LogP contribution in [0, 0.1) is 0 Å². The summed E-state index contributed by atoms with van der Waals surface area (Å²) in [7, 11) is 0. The molecular weight excluding hydrogens is 286 g/mol. The molecule has 2 rings (SSSR count). The summed E-state index contributed by atoms with van der Waals surface area (Å²) >= 11 is 0. The van der Waals surface area contributed by atoms with E-state index in [0.29, 0.717) is 25.2 Å². The number of carbonyl (C=O) groups excluding carboxylic acids is 1. The molecule has 22 heavy (non-hydrogen) atoms. The lowest BCUT2D eigenvalue weighted by Crippen LogP contribution is -2.39. The number of hydrogen-bond donors (Lipinski definition) is 1. The first-order valence-electron chi connectivity index (χ1n) is 6.99. The third kappa shape index (κ3) is 4.03. The lowest BCUT2D eigenvalue weighted by molar-refractivity contribution is 0.0270. The molecule has 0 spiro atoms. The number of amides is 1. The fraction of sp³-hybridized carbons (Fsp3) is 0.467. The average Bonchev–Trinajstić information content (AvgIpc) is 2.46. The summed E-state index contributed by atoms with van der Waals surface area (Å²) in [6.45, 7) is 6.39. The number of aromatic carboxylic acids is 1. The zero-order valence-corrected chi connectivity index (χ0v) is 12.9. The van der Waals surface area contributed by atoms with Crippen molar-refractivity contribution in [3.8, 4) is 0 Å². The van der Waals surface area contributed by atoms with Gasteiger partial charge in [0.25, 0.3) is 0 Å². The van der Waals surface area contributed by atoms with Gasteiger partial charge in [-0.1, -0.05) is 6.08 Å². The highest BCUT2D eigenvalue weighted by Gasteiger charge is 2.24. The van der Waals surface area contributed by atoms with Crippen molar-refractivity contribution < 1.29 is 19.4 Å². The van der Waals surface area contributed by atoms with Crippen LogP contribution in [0.1, 0.15) is 43.4 Å². The van der Waals surface area contributed by atoms with E-state index in [2.05, 4.69) is 9.97 Å². The van der Waals surface area contributed by atoms with E-state index >= 15 is 0 Å². The average molecular weight is 305 g/mol. The van der Waals surface area contributed by atoms with Gasteiger partial charge in [-0.3, -0.25) is 0 Å². The van der Waals surface area contributed by atoms with Crippen molar-refractivity contribution in [1.82, 2.24) is 14.9 Å². The number of aromatic nitrogens is 2. The van der Waals surface area contributed by atoms with Crippen LogP contribution in [0.4, 0.5) is 4.79 Å². The molecular formula is C15H19N3O4. The van der Waals surface area contributed by atoms with E-state index in [1.807, 2.05) is 26.8 Å². The molecule has 1 aromatic rings. The third-order valence-corrected chi connectivity index (χ3v) is 3.08. The molecule has 0 fully saturated rings. The standard InChI is InChI=1S/C15H19N3O4/c1-15(2,3)22-14(21)18-6-4-10(5-7-18)11-8-12(13(19)20)17-9-16-11/h4,8-9H,5-7H2,1-3H3,(H,19,20). The predicted octanol–water partition coefficient (Wildman–Crippen LogP) is 2.20. The van der Waals surface area contributed by atoms with Gasteiger partial charge < -0.3 is 14.7 Å². The van der Waals surface area contributed by atoms with Gasteiger partial charge in [0.2, 0.25) is 0 Å². The van der Waals surface area contributed by atoms with Crippen molar-refractivity contribution in [2.24, 2.45) is 0 Å². The highest BCUT2D eigenvalue weighted by molar-refractivity contribution is 5.86. The van der Waals surface area contributed by atoms with Crippen molar-refractivity contribution in [2.75, 3.05) is 13.1 Å². The molecule has 1 aromatic heterocycles. The van der Waals surface area contributed by atoms with Gasteiger partial charge in [0, 0.05) is 13.1 Å². The van der Waals surface area contributed by atoms with Crippen molar-refractivity contribution in [2.45, 2.75) is 32.8 Å². The molecule has 0 bridgehead atoms. The molecule has 0 saturated carbocycles. The Morgan fingerprint density at radius 3 is 2.59 bits per heavy atom. The largest absolute Gasteiger partial charge is 0.477 e. The molecule has 7 nitrogen and oxygen atoms in total. The minimum atomic E-state index is -1.09. The minimum Gasteiger partial charge on any atom is -0.477 e. The summed E-state index contributed by atoms with van der Waals surface area (Å²) < 4.78 is 5.32. The fourth-order valence-corrected chi connectivity index (χ4v) is 2.04. The second-order valence-corrected chi connectivity index (χ2v) is 6.00. The molecule has 1 amide bonds. The van der Waals surface area contributed by atoms with Crippen LogP contribution < -0.4 is 0 Å². The molecule has 1 N–H and O–H groups in total. The predicted molar refractivity (Wildman–Crippen MR) is 79.4 cm³/mol. The van der Waals surface area contributed by atoms with Gasteiger partial charge in [0.05, 0.1) is 5.69 Å². The SMILES string of the molecule is CC(C)(C)OC(=O)N1CC=C(c2cc(C(=O)O)ncn2)CC1. The number of carboxylic acids is 1. The summed E-state index contributed by atoms with van der Waals surface area (Å²) in [5.41, 5.74) is 0.922. The second-order valence-electron chi connectivity index (χ2n) is 6.00. The Labute approximate surface area is 128 Å². The first kappa shape index (κ1) is 15.9. The Kier molecular flexibility index (Phi) is 4.44. The van der Waals surface area contributed by atoms with Gasteiger partial charge in [0.15, 0.2) is 5.69 Å². The Hall–Kier alpha value is -2.44. The molecule has 7 heteroatoms. The van der Waals surface area contributed by atoms with E-state index in [1.165, 1.54) is 12.4 Å². The van der Waals surface area contributed by atoms with E-state index in [9.17, 15) is 9.59 Å². The first-order valence-corrected chi connectivity index (χ1v) is 6.99. The number of nitrogens with zero attached hydrogens (tertiary/aromatic N) is 3. The van der Waals surface area contributed by atoms with E-state index in [-0.39, 0.29) is 11.8 Å². The molecule has 0 atom stereocenters. The van der Waals surface area contributed by atoms with E-state index in [0.717, 1.165) is 5.57 Å². The lowest BCUT2D eigenvalue weighted by atomic mass is 10.0. The Balaban J connectivity index is 2.07. The molecule has 1 aliphatic rings. The van der Waals surface area contributed by atoms with Crippen LogP contribution in [0.5, 0.6) is 0 Å². The van der Waals surface area contributed by atoms with Crippen LogP contribution in [0.25, 0.3) is 5.57 Å². The Morgan fingerprint density at radius 1 is 1.32 bits per heavy atom. The maximum Gasteiger partial charge on any atom is 0.410 e. The number of carboxylic acid groups (broad SMARTS) is 1. The van der Waals surface area contributed by atoms with Gasteiger partial charge in [-0.15, -0.1) is 0 Å². The summed E-state index contributed by atoms with van der Waals surface area (Å²) in [5.74, 6) is -1.09. The van der Waals surface area contributed by atoms with E-state index < -0.39 is 11.6 Å².